The Morgan fingerprint density at radius 2 is 1.81 bits per heavy atom. The van der Waals surface area contributed by atoms with Gasteiger partial charge in [-0.1, -0.05) is 26.0 Å². The topological polar surface area (TPSA) is 121 Å². The molecule has 1 fully saturated rings. The van der Waals surface area contributed by atoms with Gasteiger partial charge in [-0.2, -0.15) is 13.9 Å². The zero-order chi connectivity index (χ0) is 23.7. The van der Waals surface area contributed by atoms with Crippen molar-refractivity contribution in [3.8, 4) is 11.1 Å². The van der Waals surface area contributed by atoms with Crippen molar-refractivity contribution in [2.45, 2.75) is 40.5 Å². The van der Waals surface area contributed by atoms with Gasteiger partial charge in [0, 0.05) is 11.5 Å². The zero-order valence-electron chi connectivity index (χ0n) is 18.9. The molecule has 1 aliphatic rings. The molecule has 9 nitrogen and oxygen atoms in total. The van der Waals surface area contributed by atoms with Crippen LogP contribution in [0.15, 0.2) is 24.3 Å². The first-order valence-corrected chi connectivity index (χ1v) is 12.0. The zero-order valence-corrected chi connectivity index (χ0v) is 19.8. The van der Waals surface area contributed by atoms with Crippen LogP contribution in [-0.4, -0.2) is 41.1 Å². The van der Waals surface area contributed by atoms with Crippen molar-refractivity contribution in [3.05, 3.63) is 51.3 Å². The largest absolute Gasteiger partial charge is 0.465 e. The number of benzene rings is 1. The maximum absolute atomic E-state index is 12.8. The van der Waals surface area contributed by atoms with E-state index in [-0.39, 0.29) is 46.3 Å². The average molecular weight is 463 g/mol. The molecule has 0 aliphatic carbocycles. The molecule has 2 aromatic rings. The maximum atomic E-state index is 12.8. The quantitative estimate of drug-likeness (QED) is 0.291. The van der Waals surface area contributed by atoms with Gasteiger partial charge in [-0.3, -0.25) is 15.1 Å². The third-order valence-corrected chi connectivity index (χ3v) is 8.23. The number of nitro benzene ring substituents is 1. The second kappa shape index (κ2) is 9.19. The number of hydrogen-bond donors (Lipinski definition) is 1. The smallest absolute Gasteiger partial charge is 0.448 e. The Labute approximate surface area is 187 Å². The van der Waals surface area contributed by atoms with E-state index in [9.17, 15) is 19.8 Å². The molecule has 32 heavy (non-hydrogen) atoms. The molecule has 1 aromatic heterocycles. The van der Waals surface area contributed by atoms with Gasteiger partial charge in [-0.15, -0.1) is 0 Å². The van der Waals surface area contributed by atoms with Crippen molar-refractivity contribution in [3.63, 3.8) is 0 Å². The van der Waals surface area contributed by atoms with Gasteiger partial charge in [-0.05, 0) is 32.8 Å². The van der Waals surface area contributed by atoms with Gasteiger partial charge in [0.25, 0.3) is 5.69 Å². The predicted octanol–water partition coefficient (Wildman–Crippen LogP) is 4.29. The van der Waals surface area contributed by atoms with Crippen molar-refractivity contribution in [2.75, 3.05) is 20.3 Å². The first-order chi connectivity index (χ1) is 15.1. The van der Waals surface area contributed by atoms with Crippen LogP contribution in [0.3, 0.4) is 0 Å². The van der Waals surface area contributed by atoms with Crippen LogP contribution in [0.1, 0.15) is 48.4 Å². The molecule has 1 aromatic carbocycles. The number of rotatable bonds is 6. The minimum Gasteiger partial charge on any atom is -0.465 e. The van der Waals surface area contributed by atoms with E-state index in [1.807, 2.05) is 13.8 Å². The minimum atomic E-state index is -3.70. The Balaban J connectivity index is 2.33. The Kier molecular flexibility index (Phi) is 6.95. The molecule has 0 spiro atoms. The summed E-state index contributed by atoms with van der Waals surface area (Å²) in [6, 6.07) is 6.03. The van der Waals surface area contributed by atoms with Crippen LogP contribution in [0.25, 0.3) is 11.1 Å². The van der Waals surface area contributed by atoms with Crippen LogP contribution >= 0.6 is 7.94 Å². The summed E-state index contributed by atoms with van der Waals surface area (Å²) < 4.78 is 16.9. The number of nitro groups is 1. The lowest BCUT2D eigenvalue weighted by Crippen LogP contribution is -2.39. The number of carbonyl (C=O) groups is 1. The number of hydrogen-bond acceptors (Lipinski definition) is 8. The molecule has 172 valence electrons. The molecule has 0 amide bonds. The number of para-hydroxylation sites is 1. The lowest BCUT2D eigenvalue weighted by Gasteiger charge is -2.36. The van der Waals surface area contributed by atoms with E-state index >= 15 is 0 Å². The maximum Gasteiger partial charge on any atom is 0.448 e. The Morgan fingerprint density at radius 1 is 1.22 bits per heavy atom. The molecule has 10 heteroatoms. The van der Waals surface area contributed by atoms with Gasteiger partial charge in [0.2, 0.25) is 5.30 Å². The molecule has 0 radical (unpaired) electrons. The van der Waals surface area contributed by atoms with E-state index in [1.54, 1.807) is 19.9 Å². The Morgan fingerprint density at radius 3 is 2.34 bits per heavy atom. The summed E-state index contributed by atoms with van der Waals surface area (Å²) in [4.78, 5) is 40.1. The summed E-state index contributed by atoms with van der Waals surface area (Å²) >= 11 is 0. The standard InChI is InChI=1S/C22H28N2O7P/c1-6-22(7-2)12-30-32(28,31-13-22)20-15(4)23-14(3)18(21(25)29-5)19(20)16-10-8-9-11-17(16)24(26)27/h8-11,28H,6-7,12-13H2,1-5H3/q+1. The minimum absolute atomic E-state index is 0.0332. The molecule has 1 saturated heterocycles. The highest BCUT2D eigenvalue weighted by Gasteiger charge is 2.56. The van der Waals surface area contributed by atoms with Crippen LogP contribution in [-0.2, 0) is 13.8 Å². The molecule has 0 unspecified atom stereocenters. The van der Waals surface area contributed by atoms with Crippen molar-refractivity contribution in [1.29, 1.82) is 0 Å². The van der Waals surface area contributed by atoms with E-state index in [0.29, 0.717) is 11.4 Å². The molecular formula is C22H28N2O7P+. The summed E-state index contributed by atoms with van der Waals surface area (Å²) in [6.07, 6.45) is 1.61. The molecule has 2 heterocycles. The van der Waals surface area contributed by atoms with Crippen molar-refractivity contribution in [1.82, 2.24) is 4.98 Å². The molecule has 0 atom stereocenters. The number of ether oxygens (including phenoxy) is 1. The predicted molar refractivity (Wildman–Crippen MR) is 121 cm³/mol. The normalized spacial score (nSPS) is 17.1. The van der Waals surface area contributed by atoms with Gasteiger partial charge in [0.05, 0.1) is 40.1 Å². The van der Waals surface area contributed by atoms with E-state index in [4.69, 9.17) is 13.8 Å². The molecule has 0 saturated carbocycles. The first-order valence-electron chi connectivity index (χ1n) is 10.4. The van der Waals surface area contributed by atoms with Crippen molar-refractivity contribution < 1.29 is 28.4 Å². The molecule has 0 bridgehead atoms. The number of aromatic nitrogens is 1. The number of methoxy groups -OCH3 is 1. The monoisotopic (exact) mass is 463 g/mol. The summed E-state index contributed by atoms with van der Waals surface area (Å²) in [7, 11) is -2.48. The molecular weight excluding hydrogens is 435 g/mol. The second-order valence-electron chi connectivity index (χ2n) is 7.92. The lowest BCUT2D eigenvalue weighted by molar-refractivity contribution is -0.384. The van der Waals surface area contributed by atoms with Crippen LogP contribution in [0.2, 0.25) is 0 Å². The van der Waals surface area contributed by atoms with Gasteiger partial charge < -0.3 is 4.74 Å². The van der Waals surface area contributed by atoms with E-state index in [2.05, 4.69) is 4.98 Å². The van der Waals surface area contributed by atoms with E-state index in [1.165, 1.54) is 25.3 Å². The van der Waals surface area contributed by atoms with Crippen LogP contribution in [0.4, 0.5) is 5.69 Å². The fraction of sp³-hybridized carbons (Fsp3) is 0.455. The highest BCUT2D eigenvalue weighted by molar-refractivity contribution is 7.69. The lowest BCUT2D eigenvalue weighted by atomic mass is 9.84. The fourth-order valence-electron chi connectivity index (χ4n) is 3.96. The van der Waals surface area contributed by atoms with Crippen LogP contribution < -0.4 is 5.30 Å². The first kappa shape index (κ1) is 24.2. The van der Waals surface area contributed by atoms with Crippen molar-refractivity contribution >= 4 is 24.9 Å². The number of nitrogens with zero attached hydrogens (tertiary/aromatic N) is 2. The highest BCUT2D eigenvalue weighted by Crippen LogP contribution is 2.63. The number of carbonyl (C=O) groups excluding carboxylic acids is 1. The second-order valence-corrected chi connectivity index (χ2v) is 9.93. The Bertz CT molecular complexity index is 1040. The molecule has 1 N–H and O–H groups in total. The number of pyridine rings is 1. The van der Waals surface area contributed by atoms with Gasteiger partial charge in [0.15, 0.2) is 0 Å². The molecule has 1 aliphatic heterocycles. The van der Waals surface area contributed by atoms with Crippen LogP contribution in [0, 0.1) is 29.4 Å². The molecule has 3 rings (SSSR count). The third kappa shape index (κ3) is 4.13. The van der Waals surface area contributed by atoms with Gasteiger partial charge >= 0.3 is 13.9 Å². The summed E-state index contributed by atoms with van der Waals surface area (Å²) in [6.45, 7) is 7.88. The Hall–Kier alpha value is -2.45. The SMILES string of the molecule is CCC1(CC)CO[P+](O)(c2c(C)nc(C)c(C(=O)OC)c2-c2ccccc2[N+](=O)[O-])OC1. The van der Waals surface area contributed by atoms with Gasteiger partial charge in [-0.25, -0.2) is 4.79 Å². The van der Waals surface area contributed by atoms with Gasteiger partial charge in [0.1, 0.15) is 13.2 Å². The number of aryl methyl sites for hydroxylation is 2. The highest BCUT2D eigenvalue weighted by atomic mass is 31.2. The summed E-state index contributed by atoms with van der Waals surface area (Å²) in [5.41, 5.74) is 0.596. The van der Waals surface area contributed by atoms with E-state index in [0.717, 1.165) is 12.8 Å². The van der Waals surface area contributed by atoms with E-state index < -0.39 is 18.8 Å². The number of esters is 1. The fourth-order valence-corrected chi connectivity index (χ4v) is 6.16. The average Bonchev–Trinajstić information content (AvgIpc) is 2.78. The third-order valence-electron chi connectivity index (χ3n) is 6.16. The van der Waals surface area contributed by atoms with Crippen molar-refractivity contribution in [2.24, 2.45) is 5.41 Å². The summed E-state index contributed by atoms with van der Waals surface area (Å²) in [5, 5.41) is 12.0. The van der Waals surface area contributed by atoms with Crippen LogP contribution in [0.5, 0.6) is 0 Å². The summed E-state index contributed by atoms with van der Waals surface area (Å²) in [5.74, 6) is -0.718.